The molecule has 2 rings (SSSR count). The van der Waals surface area contributed by atoms with Gasteiger partial charge in [-0.2, -0.15) is 0 Å². The predicted octanol–water partition coefficient (Wildman–Crippen LogP) is 4.30. The zero-order valence-corrected chi connectivity index (χ0v) is 13.7. The van der Waals surface area contributed by atoms with E-state index in [4.69, 9.17) is 16.3 Å². The van der Waals surface area contributed by atoms with E-state index in [-0.39, 0.29) is 5.91 Å². The molecule has 0 saturated heterocycles. The molecule has 5 heteroatoms. The minimum Gasteiger partial charge on any atom is -0.494 e. The number of para-hydroxylation sites is 1. The van der Waals surface area contributed by atoms with E-state index in [2.05, 4.69) is 21.2 Å². The van der Waals surface area contributed by atoms with Crippen molar-refractivity contribution in [2.24, 2.45) is 0 Å². The summed E-state index contributed by atoms with van der Waals surface area (Å²) in [5.74, 6) is 0.711. The second-order valence-electron chi connectivity index (χ2n) is 4.40. The lowest BCUT2D eigenvalue weighted by atomic mass is 10.2. The summed E-state index contributed by atoms with van der Waals surface area (Å²) in [5.41, 5.74) is 0.573. The van der Waals surface area contributed by atoms with E-state index >= 15 is 0 Å². The third kappa shape index (κ3) is 5.06. The van der Waals surface area contributed by atoms with Crippen LogP contribution in [0.15, 0.2) is 53.0 Å². The van der Waals surface area contributed by atoms with E-state index in [1.54, 1.807) is 18.2 Å². The lowest BCUT2D eigenvalue weighted by Crippen LogP contribution is -2.25. The van der Waals surface area contributed by atoms with Crippen molar-refractivity contribution in [2.45, 2.75) is 6.42 Å². The fraction of sp³-hybridized carbons (Fsp3) is 0.188. The Morgan fingerprint density at radius 3 is 2.67 bits per heavy atom. The van der Waals surface area contributed by atoms with Gasteiger partial charge in [0.05, 0.1) is 12.2 Å². The molecule has 0 fully saturated rings. The molecule has 0 aromatic heterocycles. The van der Waals surface area contributed by atoms with Crippen molar-refractivity contribution in [1.82, 2.24) is 5.32 Å². The summed E-state index contributed by atoms with van der Waals surface area (Å²) >= 11 is 9.18. The number of amides is 1. The van der Waals surface area contributed by atoms with Crippen LogP contribution in [-0.4, -0.2) is 19.1 Å². The number of ether oxygens (including phenoxy) is 1. The largest absolute Gasteiger partial charge is 0.494 e. The van der Waals surface area contributed by atoms with Crippen LogP contribution in [-0.2, 0) is 0 Å². The Labute approximate surface area is 137 Å². The summed E-state index contributed by atoms with van der Waals surface area (Å²) in [4.78, 5) is 12.0. The van der Waals surface area contributed by atoms with E-state index in [9.17, 15) is 4.79 Å². The van der Waals surface area contributed by atoms with Gasteiger partial charge in [-0.05, 0) is 52.7 Å². The monoisotopic (exact) mass is 367 g/mol. The van der Waals surface area contributed by atoms with Gasteiger partial charge < -0.3 is 10.1 Å². The molecule has 0 radical (unpaired) electrons. The molecule has 0 aliphatic heterocycles. The van der Waals surface area contributed by atoms with Crippen molar-refractivity contribution < 1.29 is 9.53 Å². The van der Waals surface area contributed by atoms with Gasteiger partial charge in [0.15, 0.2) is 0 Å². The number of nitrogens with one attached hydrogen (secondary N) is 1. The van der Waals surface area contributed by atoms with Crippen molar-refractivity contribution in [3.05, 3.63) is 63.6 Å². The Balaban J connectivity index is 1.72. The summed E-state index contributed by atoms with van der Waals surface area (Å²) in [7, 11) is 0. The minimum atomic E-state index is -0.127. The molecular weight excluding hydrogens is 354 g/mol. The number of hydrogen-bond acceptors (Lipinski definition) is 2. The minimum absolute atomic E-state index is 0.127. The number of hydrogen-bond donors (Lipinski definition) is 1. The van der Waals surface area contributed by atoms with Crippen LogP contribution >= 0.6 is 27.5 Å². The average Bonchev–Trinajstić information content (AvgIpc) is 2.47. The zero-order chi connectivity index (χ0) is 15.1. The lowest BCUT2D eigenvalue weighted by molar-refractivity contribution is 0.0951. The molecule has 1 amide bonds. The molecule has 21 heavy (non-hydrogen) atoms. The third-order valence-electron chi connectivity index (χ3n) is 2.79. The van der Waals surface area contributed by atoms with Gasteiger partial charge in [-0.1, -0.05) is 29.8 Å². The Bertz CT molecular complexity index is 604. The molecule has 0 atom stereocenters. The van der Waals surface area contributed by atoms with Gasteiger partial charge >= 0.3 is 0 Å². The number of halogens is 2. The highest BCUT2D eigenvalue weighted by molar-refractivity contribution is 9.10. The van der Waals surface area contributed by atoms with Crippen LogP contribution in [0.1, 0.15) is 16.8 Å². The normalized spacial score (nSPS) is 10.2. The number of carbonyl (C=O) groups excluding carboxylic acids is 1. The molecule has 2 aromatic rings. The second-order valence-corrected chi connectivity index (χ2v) is 5.69. The van der Waals surface area contributed by atoms with Gasteiger partial charge in [0.2, 0.25) is 0 Å². The first-order valence-electron chi connectivity index (χ1n) is 6.58. The summed E-state index contributed by atoms with van der Waals surface area (Å²) in [6, 6.07) is 14.7. The molecule has 0 bridgehead atoms. The van der Waals surface area contributed by atoms with Gasteiger partial charge in [-0.3, -0.25) is 4.79 Å². The molecule has 0 unspecified atom stereocenters. The third-order valence-corrected chi connectivity index (χ3v) is 3.69. The lowest BCUT2D eigenvalue weighted by Gasteiger charge is -2.08. The van der Waals surface area contributed by atoms with Gasteiger partial charge in [0.1, 0.15) is 5.75 Å². The van der Waals surface area contributed by atoms with Gasteiger partial charge in [-0.15, -0.1) is 0 Å². The Hall–Kier alpha value is -1.52. The molecule has 0 saturated carbocycles. The highest BCUT2D eigenvalue weighted by Crippen LogP contribution is 2.21. The smallest absolute Gasteiger partial charge is 0.252 e. The van der Waals surface area contributed by atoms with Crippen LogP contribution in [0, 0.1) is 0 Å². The van der Waals surface area contributed by atoms with E-state index in [1.807, 2.05) is 30.3 Å². The van der Waals surface area contributed by atoms with Crippen LogP contribution < -0.4 is 10.1 Å². The maximum Gasteiger partial charge on any atom is 0.252 e. The maximum atomic E-state index is 12.0. The zero-order valence-electron chi connectivity index (χ0n) is 11.3. The molecule has 110 valence electrons. The van der Waals surface area contributed by atoms with Crippen molar-refractivity contribution in [3.8, 4) is 5.75 Å². The molecule has 0 aliphatic rings. The standard InChI is InChI=1S/C16H15BrClNO2/c17-15-11-12(18)7-8-14(15)16(20)19-9-4-10-21-13-5-2-1-3-6-13/h1-3,5-8,11H,4,9-10H2,(H,19,20). The Kier molecular flexibility index (Phi) is 6.08. The predicted molar refractivity (Wildman–Crippen MR) is 88.0 cm³/mol. The molecule has 3 nitrogen and oxygen atoms in total. The van der Waals surface area contributed by atoms with Crippen LogP contribution in [0.5, 0.6) is 5.75 Å². The highest BCUT2D eigenvalue weighted by atomic mass is 79.9. The van der Waals surface area contributed by atoms with E-state index in [1.165, 1.54) is 0 Å². The topological polar surface area (TPSA) is 38.3 Å². The summed E-state index contributed by atoms with van der Waals surface area (Å²) in [6.45, 7) is 1.12. The molecule has 0 heterocycles. The van der Waals surface area contributed by atoms with Gasteiger partial charge in [0.25, 0.3) is 5.91 Å². The fourth-order valence-electron chi connectivity index (χ4n) is 1.75. The summed E-state index contributed by atoms with van der Waals surface area (Å²) in [6.07, 6.45) is 0.742. The van der Waals surface area contributed by atoms with Crippen molar-refractivity contribution in [1.29, 1.82) is 0 Å². The van der Waals surface area contributed by atoms with E-state index in [0.29, 0.717) is 28.2 Å². The fourth-order valence-corrected chi connectivity index (χ4v) is 2.61. The quantitative estimate of drug-likeness (QED) is 0.772. The first-order chi connectivity index (χ1) is 10.2. The van der Waals surface area contributed by atoms with Gasteiger partial charge in [0, 0.05) is 16.0 Å². The average molecular weight is 369 g/mol. The Morgan fingerprint density at radius 2 is 1.95 bits per heavy atom. The highest BCUT2D eigenvalue weighted by Gasteiger charge is 2.09. The molecule has 0 aliphatic carbocycles. The number of rotatable bonds is 6. The Morgan fingerprint density at radius 1 is 1.19 bits per heavy atom. The van der Waals surface area contributed by atoms with E-state index < -0.39 is 0 Å². The van der Waals surface area contributed by atoms with Crippen molar-refractivity contribution in [3.63, 3.8) is 0 Å². The van der Waals surface area contributed by atoms with Crippen LogP contribution in [0.4, 0.5) is 0 Å². The first-order valence-corrected chi connectivity index (χ1v) is 7.75. The first kappa shape index (κ1) is 15.9. The van der Waals surface area contributed by atoms with Crippen molar-refractivity contribution in [2.75, 3.05) is 13.2 Å². The molecule has 1 N–H and O–H groups in total. The van der Waals surface area contributed by atoms with Crippen molar-refractivity contribution >= 4 is 33.4 Å². The summed E-state index contributed by atoms with van der Waals surface area (Å²) in [5, 5.41) is 3.45. The van der Waals surface area contributed by atoms with E-state index in [0.717, 1.165) is 12.2 Å². The van der Waals surface area contributed by atoms with Crippen LogP contribution in [0.3, 0.4) is 0 Å². The molecule has 2 aromatic carbocycles. The summed E-state index contributed by atoms with van der Waals surface area (Å²) < 4.78 is 6.24. The SMILES string of the molecule is O=C(NCCCOc1ccccc1)c1ccc(Cl)cc1Br. The van der Waals surface area contributed by atoms with Crippen LogP contribution in [0.2, 0.25) is 5.02 Å². The van der Waals surface area contributed by atoms with Gasteiger partial charge in [-0.25, -0.2) is 0 Å². The number of carbonyl (C=O) groups is 1. The van der Waals surface area contributed by atoms with Crippen LogP contribution in [0.25, 0.3) is 0 Å². The maximum absolute atomic E-state index is 12.0. The second kappa shape index (κ2) is 8.05. The molecule has 0 spiro atoms. The molecular formula is C16H15BrClNO2. The number of benzene rings is 2.